The number of piperidine rings is 1. The minimum Gasteiger partial charge on any atom is -0.297 e. The molecular weight excluding hydrogens is 306 g/mol. The Balaban J connectivity index is 1.35. The molecule has 0 radical (unpaired) electrons. The molecule has 0 aromatic carbocycles. The second-order valence-electron chi connectivity index (χ2n) is 7.01. The Hall–Kier alpha value is -2.02. The topological polar surface area (TPSA) is 77.1 Å². The maximum absolute atomic E-state index is 12.2. The van der Waals surface area contributed by atoms with Crippen LogP contribution in [0, 0.1) is 12.8 Å². The first-order chi connectivity index (χ1) is 11.7. The van der Waals surface area contributed by atoms with Crippen molar-refractivity contribution in [3.8, 4) is 0 Å². The van der Waals surface area contributed by atoms with Gasteiger partial charge in [0.2, 0.25) is 0 Å². The first-order valence-corrected chi connectivity index (χ1v) is 8.79. The fraction of sp³-hybridized carbons (Fsp3) is 0.647. The van der Waals surface area contributed by atoms with Crippen LogP contribution in [0.1, 0.15) is 41.9 Å². The van der Waals surface area contributed by atoms with Crippen molar-refractivity contribution in [2.24, 2.45) is 5.92 Å². The summed E-state index contributed by atoms with van der Waals surface area (Å²) in [7, 11) is 0. The maximum Gasteiger partial charge on any atom is 0.267 e. The van der Waals surface area contributed by atoms with Gasteiger partial charge in [-0.3, -0.25) is 9.69 Å². The lowest BCUT2D eigenvalue weighted by Gasteiger charge is -2.31. The van der Waals surface area contributed by atoms with Crippen molar-refractivity contribution in [2.75, 3.05) is 13.1 Å². The summed E-state index contributed by atoms with van der Waals surface area (Å²) >= 11 is 0. The number of hydrogen-bond donors (Lipinski definition) is 0. The number of aromatic nitrogens is 4. The number of nitrogens with zero attached hydrogens (tertiary/aromatic N) is 5. The summed E-state index contributed by atoms with van der Waals surface area (Å²) in [6.07, 6.45) is 5.30. The van der Waals surface area contributed by atoms with E-state index in [0.717, 1.165) is 80.9 Å². The molecule has 0 bridgehead atoms. The summed E-state index contributed by atoms with van der Waals surface area (Å²) in [6.45, 7) is 5.47. The van der Waals surface area contributed by atoms with Crippen LogP contribution >= 0.6 is 0 Å². The molecule has 2 aromatic rings. The van der Waals surface area contributed by atoms with Gasteiger partial charge in [-0.25, -0.2) is 9.31 Å². The van der Waals surface area contributed by atoms with Crippen molar-refractivity contribution in [1.82, 2.24) is 25.0 Å². The van der Waals surface area contributed by atoms with Crippen molar-refractivity contribution < 1.29 is 4.63 Å². The molecule has 24 heavy (non-hydrogen) atoms. The summed E-state index contributed by atoms with van der Waals surface area (Å²) in [6, 6.07) is 1.80. The molecule has 1 aliphatic heterocycles. The van der Waals surface area contributed by atoms with Gasteiger partial charge in [-0.2, -0.15) is 5.10 Å². The van der Waals surface area contributed by atoms with Gasteiger partial charge in [0.15, 0.2) is 0 Å². The van der Waals surface area contributed by atoms with Crippen LogP contribution in [-0.2, 0) is 25.9 Å². The number of hydrogen-bond acceptors (Lipinski definition) is 6. The normalized spacial score (nSPS) is 18.9. The quantitative estimate of drug-likeness (QED) is 0.842. The van der Waals surface area contributed by atoms with Gasteiger partial charge >= 0.3 is 0 Å². The predicted molar refractivity (Wildman–Crippen MR) is 87.6 cm³/mol. The van der Waals surface area contributed by atoms with E-state index in [1.54, 1.807) is 10.7 Å². The summed E-state index contributed by atoms with van der Waals surface area (Å²) < 4.78 is 6.45. The molecular formula is C17H23N5O2. The average molecular weight is 329 g/mol. The summed E-state index contributed by atoms with van der Waals surface area (Å²) in [5.41, 5.74) is 4.13. The van der Waals surface area contributed by atoms with Crippen molar-refractivity contribution in [1.29, 1.82) is 0 Å². The highest BCUT2D eigenvalue weighted by atomic mass is 16.6. The van der Waals surface area contributed by atoms with Gasteiger partial charge in [-0.1, -0.05) is 10.3 Å². The van der Waals surface area contributed by atoms with Crippen LogP contribution in [0.5, 0.6) is 0 Å². The van der Waals surface area contributed by atoms with Crippen molar-refractivity contribution in [3.63, 3.8) is 0 Å². The highest BCUT2D eigenvalue weighted by Gasteiger charge is 2.23. The van der Waals surface area contributed by atoms with Crippen molar-refractivity contribution >= 4 is 0 Å². The molecule has 4 rings (SSSR count). The molecule has 128 valence electrons. The average Bonchev–Trinajstić information content (AvgIpc) is 3.18. The van der Waals surface area contributed by atoms with Crippen LogP contribution in [-0.4, -0.2) is 38.1 Å². The van der Waals surface area contributed by atoms with Gasteiger partial charge in [0.1, 0.15) is 11.4 Å². The molecule has 0 saturated carbocycles. The Labute approximate surface area is 140 Å². The minimum absolute atomic E-state index is 0.0578. The monoisotopic (exact) mass is 329 g/mol. The number of fused-ring (bicyclic) bond motifs is 1. The molecule has 7 heteroatoms. The highest BCUT2D eigenvalue weighted by molar-refractivity contribution is 5.22. The second kappa shape index (κ2) is 6.47. The van der Waals surface area contributed by atoms with E-state index in [0.29, 0.717) is 5.92 Å². The molecule has 0 spiro atoms. The van der Waals surface area contributed by atoms with Gasteiger partial charge in [-0.05, 0) is 63.6 Å². The van der Waals surface area contributed by atoms with Gasteiger partial charge in [0, 0.05) is 19.2 Å². The van der Waals surface area contributed by atoms with E-state index in [4.69, 9.17) is 4.63 Å². The SMILES string of the molecule is Cc1nonc1CN1CCC(Cn2nc3c(cc2=O)CCC3)CC1. The summed E-state index contributed by atoms with van der Waals surface area (Å²) in [5, 5.41) is 12.4. The summed E-state index contributed by atoms with van der Waals surface area (Å²) in [4.78, 5) is 14.6. The Morgan fingerprint density at radius 2 is 2.08 bits per heavy atom. The van der Waals surface area contributed by atoms with E-state index >= 15 is 0 Å². The van der Waals surface area contributed by atoms with Gasteiger partial charge in [0.25, 0.3) is 5.56 Å². The van der Waals surface area contributed by atoms with E-state index in [1.807, 2.05) is 6.92 Å². The number of likely N-dealkylation sites (tertiary alicyclic amines) is 1. The molecule has 1 aliphatic carbocycles. The maximum atomic E-state index is 12.2. The zero-order valence-corrected chi connectivity index (χ0v) is 14.1. The molecule has 0 amide bonds. The van der Waals surface area contributed by atoms with E-state index in [9.17, 15) is 4.79 Å². The molecule has 0 atom stereocenters. The van der Waals surface area contributed by atoms with E-state index in [-0.39, 0.29) is 5.56 Å². The fourth-order valence-electron chi connectivity index (χ4n) is 3.75. The molecule has 1 saturated heterocycles. The molecule has 2 aliphatic rings. The number of aryl methyl sites for hydroxylation is 3. The third kappa shape index (κ3) is 3.13. The van der Waals surface area contributed by atoms with Crippen LogP contribution < -0.4 is 5.56 Å². The van der Waals surface area contributed by atoms with E-state index in [2.05, 4.69) is 20.3 Å². The van der Waals surface area contributed by atoms with Crippen molar-refractivity contribution in [2.45, 2.75) is 52.1 Å². The highest BCUT2D eigenvalue weighted by Crippen LogP contribution is 2.21. The Bertz CT molecular complexity index is 774. The first-order valence-electron chi connectivity index (χ1n) is 8.79. The molecule has 0 N–H and O–H groups in total. The molecule has 3 heterocycles. The Kier molecular flexibility index (Phi) is 4.18. The lowest BCUT2D eigenvalue weighted by molar-refractivity contribution is 0.159. The standard InChI is InChI=1S/C17H23N5O2/c1-12-16(20-24-19-12)11-21-7-5-13(6-8-21)10-22-17(23)9-14-3-2-4-15(14)18-22/h9,13H,2-8,10-11H2,1H3. The van der Waals surface area contributed by atoms with Crippen LogP contribution in [0.4, 0.5) is 0 Å². The molecule has 0 unspecified atom stereocenters. The minimum atomic E-state index is 0.0578. The largest absolute Gasteiger partial charge is 0.297 e. The van der Waals surface area contributed by atoms with Gasteiger partial charge in [-0.15, -0.1) is 0 Å². The van der Waals surface area contributed by atoms with E-state index < -0.39 is 0 Å². The molecule has 7 nitrogen and oxygen atoms in total. The summed E-state index contributed by atoms with van der Waals surface area (Å²) in [5.74, 6) is 0.516. The zero-order valence-electron chi connectivity index (χ0n) is 14.1. The molecule has 1 fully saturated rings. The van der Waals surface area contributed by atoms with E-state index in [1.165, 1.54) is 0 Å². The fourth-order valence-corrected chi connectivity index (χ4v) is 3.75. The van der Waals surface area contributed by atoms with Crippen LogP contribution in [0.2, 0.25) is 0 Å². The lowest BCUT2D eigenvalue weighted by Crippen LogP contribution is -2.36. The zero-order chi connectivity index (χ0) is 16.5. The predicted octanol–water partition coefficient (Wildman–Crippen LogP) is 1.34. The van der Waals surface area contributed by atoms with Gasteiger partial charge in [0.05, 0.1) is 5.69 Å². The van der Waals surface area contributed by atoms with Crippen LogP contribution in [0.3, 0.4) is 0 Å². The Morgan fingerprint density at radius 1 is 1.25 bits per heavy atom. The second-order valence-corrected chi connectivity index (χ2v) is 7.01. The Morgan fingerprint density at radius 3 is 2.83 bits per heavy atom. The van der Waals surface area contributed by atoms with Crippen molar-refractivity contribution in [3.05, 3.63) is 39.1 Å². The number of rotatable bonds is 4. The molecule has 2 aromatic heterocycles. The van der Waals surface area contributed by atoms with Gasteiger partial charge < -0.3 is 0 Å². The first kappa shape index (κ1) is 15.5. The third-order valence-electron chi connectivity index (χ3n) is 5.28. The third-order valence-corrected chi connectivity index (χ3v) is 5.28. The smallest absolute Gasteiger partial charge is 0.267 e. The lowest BCUT2D eigenvalue weighted by atomic mass is 9.96. The van der Waals surface area contributed by atoms with Crippen LogP contribution in [0.25, 0.3) is 0 Å². The van der Waals surface area contributed by atoms with Crippen LogP contribution in [0.15, 0.2) is 15.5 Å².